The summed E-state index contributed by atoms with van der Waals surface area (Å²) in [6.45, 7) is -0.309. The van der Waals surface area contributed by atoms with Crippen LogP contribution in [0.5, 0.6) is 0 Å². The van der Waals surface area contributed by atoms with E-state index in [-0.39, 0.29) is 36.8 Å². The fourth-order valence-electron chi connectivity index (χ4n) is 1.36. The fraction of sp³-hybridized carbons (Fsp3) is 0.308. The molecule has 0 aliphatic carbocycles. The number of aliphatic hydroxyl groups is 2. The van der Waals surface area contributed by atoms with Gasteiger partial charge in [-0.25, -0.2) is 4.39 Å². The van der Waals surface area contributed by atoms with Crippen LogP contribution in [-0.4, -0.2) is 47.8 Å². The van der Waals surface area contributed by atoms with Crippen LogP contribution < -0.4 is 0 Å². The van der Waals surface area contributed by atoms with Crippen LogP contribution in [-0.2, 0) is 0 Å². The third-order valence-corrected chi connectivity index (χ3v) is 2.30. The van der Waals surface area contributed by atoms with Crippen LogP contribution in [0.2, 0.25) is 0 Å². The van der Waals surface area contributed by atoms with Crippen LogP contribution in [0.1, 0.15) is 15.9 Å². The Morgan fingerprint density at radius 1 is 1.44 bits per heavy atom. The van der Waals surface area contributed by atoms with Crippen LogP contribution >= 0.6 is 0 Å². The van der Waals surface area contributed by atoms with Crippen molar-refractivity contribution in [3.8, 4) is 11.8 Å². The molecule has 0 radical (unpaired) electrons. The van der Waals surface area contributed by atoms with E-state index in [1.165, 1.54) is 24.1 Å². The van der Waals surface area contributed by atoms with E-state index in [0.29, 0.717) is 0 Å². The minimum Gasteiger partial charge on any atom is -0.395 e. The van der Waals surface area contributed by atoms with E-state index in [9.17, 15) is 9.18 Å². The second-order valence-corrected chi connectivity index (χ2v) is 3.60. The molecule has 1 aromatic rings. The van der Waals surface area contributed by atoms with Gasteiger partial charge in [0.2, 0.25) is 0 Å². The number of carbonyl (C=O) groups excluding carboxylic acids is 1. The highest BCUT2D eigenvalue weighted by Gasteiger charge is 2.12. The summed E-state index contributed by atoms with van der Waals surface area (Å²) in [5.41, 5.74) is 0.323. The number of carbonyl (C=O) groups is 1. The van der Waals surface area contributed by atoms with Crippen LogP contribution in [0.4, 0.5) is 4.39 Å². The average Bonchev–Trinajstić information content (AvgIpc) is 2.36. The Morgan fingerprint density at radius 2 is 2.17 bits per heavy atom. The summed E-state index contributed by atoms with van der Waals surface area (Å²) >= 11 is 0. The maximum atomic E-state index is 13.6. The molecule has 18 heavy (non-hydrogen) atoms. The van der Waals surface area contributed by atoms with Gasteiger partial charge >= 0.3 is 0 Å². The van der Waals surface area contributed by atoms with E-state index in [1.54, 1.807) is 0 Å². The lowest BCUT2D eigenvalue weighted by atomic mass is 10.1. The van der Waals surface area contributed by atoms with Crippen molar-refractivity contribution in [2.45, 2.75) is 0 Å². The molecule has 2 N–H and O–H groups in total. The first-order valence-corrected chi connectivity index (χ1v) is 5.35. The maximum Gasteiger partial charge on any atom is 0.253 e. The number of amides is 1. The van der Waals surface area contributed by atoms with Crippen molar-refractivity contribution < 1.29 is 19.4 Å². The normalized spacial score (nSPS) is 9.56. The molecule has 0 saturated carbocycles. The molecule has 1 amide bonds. The summed E-state index contributed by atoms with van der Waals surface area (Å²) in [5.74, 6) is 3.79. The van der Waals surface area contributed by atoms with Gasteiger partial charge in [0, 0.05) is 19.2 Å². The van der Waals surface area contributed by atoms with E-state index < -0.39 is 5.82 Å². The van der Waals surface area contributed by atoms with Gasteiger partial charge in [-0.05, 0) is 18.2 Å². The van der Waals surface area contributed by atoms with Gasteiger partial charge in [-0.2, -0.15) is 0 Å². The summed E-state index contributed by atoms with van der Waals surface area (Å²) < 4.78 is 13.6. The molecule has 1 rings (SSSR count). The van der Waals surface area contributed by atoms with Crippen molar-refractivity contribution >= 4 is 5.91 Å². The number of benzene rings is 1. The van der Waals surface area contributed by atoms with Gasteiger partial charge in [-0.3, -0.25) is 4.79 Å². The first-order valence-electron chi connectivity index (χ1n) is 5.35. The monoisotopic (exact) mass is 251 g/mol. The molecule has 0 aromatic heterocycles. The Hall–Kier alpha value is -1.90. The first-order chi connectivity index (χ1) is 8.60. The number of hydrogen-bond acceptors (Lipinski definition) is 3. The second-order valence-electron chi connectivity index (χ2n) is 3.60. The molecular weight excluding hydrogens is 237 g/mol. The molecule has 96 valence electrons. The average molecular weight is 251 g/mol. The summed E-state index contributed by atoms with van der Waals surface area (Å²) in [6.07, 6.45) is 0. The number of nitrogens with zero attached hydrogens (tertiary/aromatic N) is 1. The highest BCUT2D eigenvalue weighted by Crippen LogP contribution is 2.11. The van der Waals surface area contributed by atoms with Gasteiger partial charge in [-0.15, -0.1) is 0 Å². The van der Waals surface area contributed by atoms with E-state index in [1.807, 2.05) is 0 Å². The summed E-state index contributed by atoms with van der Waals surface area (Å²) in [7, 11) is 1.52. The Morgan fingerprint density at radius 3 is 2.72 bits per heavy atom. The number of rotatable bonds is 3. The zero-order valence-electron chi connectivity index (χ0n) is 9.98. The fourth-order valence-corrected chi connectivity index (χ4v) is 1.36. The zero-order chi connectivity index (χ0) is 13.5. The predicted octanol–water partition coefficient (Wildman–Crippen LogP) is 0.234. The molecule has 0 aliphatic heterocycles. The smallest absolute Gasteiger partial charge is 0.253 e. The molecule has 0 unspecified atom stereocenters. The molecule has 0 aliphatic rings. The number of aliphatic hydroxyl groups excluding tert-OH is 2. The van der Waals surface area contributed by atoms with E-state index >= 15 is 0 Å². The topological polar surface area (TPSA) is 60.8 Å². The third-order valence-electron chi connectivity index (χ3n) is 2.30. The van der Waals surface area contributed by atoms with Gasteiger partial charge in [0.05, 0.1) is 12.2 Å². The summed E-state index contributed by atoms with van der Waals surface area (Å²) in [6, 6.07) is 3.94. The van der Waals surface area contributed by atoms with Gasteiger partial charge in [-0.1, -0.05) is 11.8 Å². The van der Waals surface area contributed by atoms with Gasteiger partial charge < -0.3 is 15.1 Å². The Labute approximate surface area is 105 Å². The highest BCUT2D eigenvalue weighted by atomic mass is 19.1. The third kappa shape index (κ3) is 3.55. The minimum atomic E-state index is -0.612. The van der Waals surface area contributed by atoms with Crippen molar-refractivity contribution in [1.29, 1.82) is 0 Å². The standard InChI is InChI=1S/C13H14FNO3/c1-15(6-8-17)13(18)11-5-4-10(3-2-7-16)12(14)9-11/h4-5,9,16-17H,6-8H2,1H3. The van der Waals surface area contributed by atoms with E-state index in [2.05, 4.69) is 11.8 Å². The Balaban J connectivity index is 2.93. The van der Waals surface area contributed by atoms with Crippen LogP contribution in [0, 0.1) is 17.7 Å². The number of halogens is 1. The second kappa shape index (κ2) is 6.74. The number of hydrogen-bond donors (Lipinski definition) is 2. The Kier molecular flexibility index (Phi) is 5.31. The maximum absolute atomic E-state index is 13.6. The van der Waals surface area contributed by atoms with Crippen LogP contribution in [0.15, 0.2) is 18.2 Å². The van der Waals surface area contributed by atoms with Crippen molar-refractivity contribution in [3.63, 3.8) is 0 Å². The summed E-state index contributed by atoms with van der Waals surface area (Å²) in [5, 5.41) is 17.2. The zero-order valence-corrected chi connectivity index (χ0v) is 9.98. The lowest BCUT2D eigenvalue weighted by Crippen LogP contribution is -2.29. The molecular formula is C13H14FNO3. The molecule has 5 heteroatoms. The lowest BCUT2D eigenvalue weighted by molar-refractivity contribution is 0.0766. The molecule has 1 aromatic carbocycles. The number of likely N-dealkylation sites (N-methyl/N-ethyl adjacent to an activating group) is 1. The molecule has 0 saturated heterocycles. The molecule has 0 bridgehead atoms. The van der Waals surface area contributed by atoms with E-state index in [4.69, 9.17) is 10.2 Å². The Bertz CT molecular complexity index is 491. The predicted molar refractivity (Wildman–Crippen MR) is 64.4 cm³/mol. The highest BCUT2D eigenvalue weighted by molar-refractivity contribution is 5.94. The molecule has 4 nitrogen and oxygen atoms in total. The van der Waals surface area contributed by atoms with E-state index in [0.717, 1.165) is 6.07 Å². The molecule has 0 fully saturated rings. The van der Waals surface area contributed by atoms with Crippen molar-refractivity contribution in [2.75, 3.05) is 26.8 Å². The van der Waals surface area contributed by atoms with Gasteiger partial charge in [0.15, 0.2) is 0 Å². The summed E-state index contributed by atoms with van der Waals surface area (Å²) in [4.78, 5) is 13.1. The largest absolute Gasteiger partial charge is 0.395 e. The van der Waals surface area contributed by atoms with Crippen molar-refractivity contribution in [1.82, 2.24) is 4.90 Å². The van der Waals surface area contributed by atoms with Crippen LogP contribution in [0.3, 0.4) is 0 Å². The first kappa shape index (κ1) is 14.2. The molecule has 0 heterocycles. The van der Waals surface area contributed by atoms with Crippen LogP contribution in [0.25, 0.3) is 0 Å². The lowest BCUT2D eigenvalue weighted by Gasteiger charge is -2.15. The van der Waals surface area contributed by atoms with Gasteiger partial charge in [0.25, 0.3) is 5.91 Å². The van der Waals surface area contributed by atoms with Crippen molar-refractivity contribution in [3.05, 3.63) is 35.1 Å². The SMILES string of the molecule is CN(CCO)C(=O)c1ccc(C#CCO)c(F)c1. The van der Waals surface area contributed by atoms with Gasteiger partial charge in [0.1, 0.15) is 12.4 Å². The minimum absolute atomic E-state index is 0.130. The van der Waals surface area contributed by atoms with Crippen molar-refractivity contribution in [2.24, 2.45) is 0 Å². The molecule has 0 spiro atoms. The molecule has 0 atom stereocenters. The quantitative estimate of drug-likeness (QED) is 0.756.